The highest BCUT2D eigenvalue weighted by molar-refractivity contribution is 5.77. The third kappa shape index (κ3) is 4.84. The second-order valence-electron chi connectivity index (χ2n) is 7.29. The van der Waals surface area contributed by atoms with Crippen LogP contribution in [-0.2, 0) is 17.9 Å². The summed E-state index contributed by atoms with van der Waals surface area (Å²) in [6.07, 6.45) is 1.07. The molecule has 2 atom stereocenters. The lowest BCUT2D eigenvalue weighted by Gasteiger charge is -2.33. The number of benzene rings is 2. The fourth-order valence-electron chi connectivity index (χ4n) is 3.51. The Balaban J connectivity index is 1.74. The predicted molar refractivity (Wildman–Crippen MR) is 103 cm³/mol. The van der Waals surface area contributed by atoms with Crippen molar-refractivity contribution < 1.29 is 14.3 Å². The van der Waals surface area contributed by atoms with Crippen LogP contribution in [0.3, 0.4) is 0 Å². The van der Waals surface area contributed by atoms with Gasteiger partial charge in [0.1, 0.15) is 11.6 Å². The molecule has 3 N–H and O–H groups in total. The SMILES string of the molecule is CN(C)Cc1cc(CN[C@@H]2CCC(=O)N[C@H]2c2ccccc2F)ccc1O. The Morgan fingerprint density at radius 3 is 2.78 bits per heavy atom. The largest absolute Gasteiger partial charge is 0.508 e. The summed E-state index contributed by atoms with van der Waals surface area (Å²) in [5, 5.41) is 16.4. The molecule has 27 heavy (non-hydrogen) atoms. The van der Waals surface area contributed by atoms with Crippen molar-refractivity contribution >= 4 is 5.91 Å². The van der Waals surface area contributed by atoms with Crippen molar-refractivity contribution in [2.75, 3.05) is 14.1 Å². The highest BCUT2D eigenvalue weighted by Crippen LogP contribution is 2.27. The molecule has 1 aliphatic heterocycles. The van der Waals surface area contributed by atoms with E-state index in [0.717, 1.165) is 11.1 Å². The number of hydrogen-bond acceptors (Lipinski definition) is 4. The van der Waals surface area contributed by atoms with Gasteiger partial charge in [0.15, 0.2) is 0 Å². The molecule has 0 radical (unpaired) electrons. The zero-order chi connectivity index (χ0) is 19.4. The van der Waals surface area contributed by atoms with Gasteiger partial charge in [-0.3, -0.25) is 4.79 Å². The normalized spacial score (nSPS) is 19.9. The highest BCUT2D eigenvalue weighted by Gasteiger charge is 2.31. The van der Waals surface area contributed by atoms with Crippen LogP contribution in [0.15, 0.2) is 42.5 Å². The summed E-state index contributed by atoms with van der Waals surface area (Å²) in [5.41, 5.74) is 2.40. The van der Waals surface area contributed by atoms with Crippen molar-refractivity contribution in [1.29, 1.82) is 0 Å². The molecule has 0 unspecified atom stereocenters. The topological polar surface area (TPSA) is 64.6 Å². The lowest BCUT2D eigenvalue weighted by atomic mass is 9.91. The van der Waals surface area contributed by atoms with Crippen LogP contribution >= 0.6 is 0 Å². The monoisotopic (exact) mass is 371 g/mol. The molecule has 1 amide bonds. The molecule has 1 saturated heterocycles. The average Bonchev–Trinajstić information content (AvgIpc) is 2.63. The van der Waals surface area contributed by atoms with Crippen LogP contribution in [0.5, 0.6) is 5.75 Å². The van der Waals surface area contributed by atoms with Gasteiger partial charge in [0.2, 0.25) is 5.91 Å². The van der Waals surface area contributed by atoms with E-state index >= 15 is 0 Å². The van der Waals surface area contributed by atoms with E-state index < -0.39 is 6.04 Å². The van der Waals surface area contributed by atoms with Crippen LogP contribution in [0.4, 0.5) is 4.39 Å². The van der Waals surface area contributed by atoms with Crippen LogP contribution in [-0.4, -0.2) is 36.1 Å². The second kappa shape index (κ2) is 8.50. The van der Waals surface area contributed by atoms with Crippen molar-refractivity contribution in [1.82, 2.24) is 15.5 Å². The number of halogens is 1. The number of rotatable bonds is 6. The lowest BCUT2D eigenvalue weighted by molar-refractivity contribution is -0.123. The molecule has 2 aromatic rings. The molecule has 5 nitrogen and oxygen atoms in total. The second-order valence-corrected chi connectivity index (χ2v) is 7.29. The molecule has 1 fully saturated rings. The molecule has 0 aromatic heterocycles. The Morgan fingerprint density at radius 2 is 2.04 bits per heavy atom. The van der Waals surface area contributed by atoms with Crippen LogP contribution in [0.25, 0.3) is 0 Å². The Bertz CT molecular complexity index is 810. The molecule has 0 spiro atoms. The molecule has 0 saturated carbocycles. The number of hydrogen-bond donors (Lipinski definition) is 3. The minimum Gasteiger partial charge on any atom is -0.508 e. The fourth-order valence-corrected chi connectivity index (χ4v) is 3.51. The molecular weight excluding hydrogens is 345 g/mol. The van der Waals surface area contributed by atoms with Gasteiger partial charge in [0.25, 0.3) is 0 Å². The Morgan fingerprint density at radius 1 is 1.26 bits per heavy atom. The maximum atomic E-state index is 14.2. The number of phenolic OH excluding ortho intramolecular Hbond substituents is 1. The van der Waals surface area contributed by atoms with Gasteiger partial charge in [-0.15, -0.1) is 0 Å². The predicted octanol–water partition coefficient (Wildman–Crippen LogP) is 2.70. The zero-order valence-corrected chi connectivity index (χ0v) is 15.7. The first-order chi connectivity index (χ1) is 12.9. The van der Waals surface area contributed by atoms with E-state index in [-0.39, 0.29) is 23.5 Å². The van der Waals surface area contributed by atoms with Crippen molar-refractivity contribution in [3.63, 3.8) is 0 Å². The zero-order valence-electron chi connectivity index (χ0n) is 15.7. The third-order valence-electron chi connectivity index (χ3n) is 4.84. The first kappa shape index (κ1) is 19.3. The molecular formula is C21H26FN3O2. The summed E-state index contributed by atoms with van der Waals surface area (Å²) in [5.74, 6) is -0.0878. The minimum absolute atomic E-state index is 0.0563. The Kier molecular flexibility index (Phi) is 6.08. The standard InChI is InChI=1S/C21H26FN3O2/c1-25(2)13-15-11-14(7-9-19(15)26)12-23-18-8-10-20(27)24-21(18)16-5-3-4-6-17(16)22/h3-7,9,11,18,21,23,26H,8,10,12-13H2,1-2H3,(H,24,27)/t18-,21+/m1/s1. The smallest absolute Gasteiger partial charge is 0.220 e. The Hall–Kier alpha value is -2.44. The number of aromatic hydroxyl groups is 1. The average molecular weight is 371 g/mol. The van der Waals surface area contributed by atoms with Gasteiger partial charge in [0.05, 0.1) is 6.04 Å². The first-order valence-corrected chi connectivity index (χ1v) is 9.16. The van der Waals surface area contributed by atoms with Crippen LogP contribution < -0.4 is 10.6 Å². The Labute approximate surface area is 159 Å². The van der Waals surface area contributed by atoms with Gasteiger partial charge >= 0.3 is 0 Å². The van der Waals surface area contributed by atoms with Gasteiger partial charge < -0.3 is 20.6 Å². The number of carbonyl (C=O) groups excluding carboxylic acids is 1. The van der Waals surface area contributed by atoms with E-state index in [4.69, 9.17) is 0 Å². The summed E-state index contributed by atoms with van der Waals surface area (Å²) >= 11 is 0. The number of phenols is 1. The lowest BCUT2D eigenvalue weighted by Crippen LogP contribution is -2.48. The highest BCUT2D eigenvalue weighted by atomic mass is 19.1. The minimum atomic E-state index is -0.397. The van der Waals surface area contributed by atoms with Crippen molar-refractivity contribution in [2.24, 2.45) is 0 Å². The van der Waals surface area contributed by atoms with E-state index in [2.05, 4.69) is 10.6 Å². The van der Waals surface area contributed by atoms with Crippen LogP contribution in [0, 0.1) is 5.82 Å². The van der Waals surface area contributed by atoms with Gasteiger partial charge in [-0.05, 0) is 44.3 Å². The number of nitrogens with one attached hydrogen (secondary N) is 2. The molecule has 3 rings (SSSR count). The van der Waals surface area contributed by atoms with Crippen molar-refractivity contribution in [2.45, 2.75) is 38.0 Å². The third-order valence-corrected chi connectivity index (χ3v) is 4.84. The molecule has 144 valence electrons. The molecule has 1 heterocycles. The van der Waals surface area contributed by atoms with E-state index in [9.17, 15) is 14.3 Å². The molecule has 1 aliphatic rings. The maximum absolute atomic E-state index is 14.2. The number of nitrogens with zero attached hydrogens (tertiary/aromatic N) is 1. The van der Waals surface area contributed by atoms with E-state index in [1.165, 1.54) is 6.07 Å². The van der Waals surface area contributed by atoms with Gasteiger partial charge in [-0.1, -0.05) is 24.3 Å². The van der Waals surface area contributed by atoms with Gasteiger partial charge in [-0.25, -0.2) is 4.39 Å². The molecule has 0 aliphatic carbocycles. The van der Waals surface area contributed by atoms with Crippen molar-refractivity contribution in [3.8, 4) is 5.75 Å². The number of carbonyl (C=O) groups is 1. The molecule has 2 aromatic carbocycles. The first-order valence-electron chi connectivity index (χ1n) is 9.16. The number of amides is 1. The van der Waals surface area contributed by atoms with Crippen LogP contribution in [0.1, 0.15) is 35.6 Å². The summed E-state index contributed by atoms with van der Waals surface area (Å²) in [7, 11) is 3.90. The van der Waals surface area contributed by atoms with Gasteiger partial charge in [-0.2, -0.15) is 0 Å². The van der Waals surface area contributed by atoms with E-state index in [0.29, 0.717) is 31.5 Å². The number of piperidine rings is 1. The quantitative estimate of drug-likeness (QED) is 0.731. The fraction of sp³-hybridized carbons (Fsp3) is 0.381. The summed E-state index contributed by atoms with van der Waals surface area (Å²) in [6.45, 7) is 1.23. The summed E-state index contributed by atoms with van der Waals surface area (Å²) in [6, 6.07) is 11.7. The van der Waals surface area contributed by atoms with Crippen molar-refractivity contribution in [3.05, 3.63) is 65.0 Å². The van der Waals surface area contributed by atoms with Crippen LogP contribution in [0.2, 0.25) is 0 Å². The van der Waals surface area contributed by atoms with E-state index in [1.807, 2.05) is 31.1 Å². The van der Waals surface area contributed by atoms with E-state index in [1.54, 1.807) is 24.3 Å². The summed E-state index contributed by atoms with van der Waals surface area (Å²) < 4.78 is 14.2. The van der Waals surface area contributed by atoms with Gasteiger partial charge in [0, 0.05) is 36.7 Å². The maximum Gasteiger partial charge on any atom is 0.220 e. The summed E-state index contributed by atoms with van der Waals surface area (Å²) in [4.78, 5) is 13.9. The molecule has 0 bridgehead atoms. The molecule has 6 heteroatoms.